The summed E-state index contributed by atoms with van der Waals surface area (Å²) in [5, 5.41) is 9.22. The van der Waals surface area contributed by atoms with Crippen LogP contribution in [0.5, 0.6) is 0 Å². The Bertz CT molecular complexity index is 132. The monoisotopic (exact) mass is 174 g/mol. The molecule has 0 saturated carbocycles. The molecule has 0 fully saturated rings. The van der Waals surface area contributed by atoms with Gasteiger partial charge in [0.25, 0.3) is 0 Å². The van der Waals surface area contributed by atoms with E-state index in [1.807, 2.05) is 6.92 Å². The summed E-state index contributed by atoms with van der Waals surface area (Å²) in [4.78, 5) is 11.0. The molecule has 0 aliphatic rings. The van der Waals surface area contributed by atoms with E-state index in [2.05, 4.69) is 0 Å². The number of rotatable bonds is 5. The zero-order valence-electron chi connectivity index (χ0n) is 8.04. The third-order valence-electron chi connectivity index (χ3n) is 1.62. The third kappa shape index (κ3) is 4.34. The fraction of sp³-hybridized carbons (Fsp3) is 0.889. The molecule has 0 saturated heterocycles. The van der Waals surface area contributed by atoms with Crippen LogP contribution in [0.1, 0.15) is 33.6 Å². The number of carbonyl (C=O) groups is 1. The fourth-order valence-corrected chi connectivity index (χ4v) is 0.675. The molecule has 0 heterocycles. The molecule has 0 aliphatic carbocycles. The van der Waals surface area contributed by atoms with Crippen LogP contribution in [-0.4, -0.2) is 23.8 Å². The molecule has 0 amide bonds. The lowest BCUT2D eigenvalue weighted by Crippen LogP contribution is -2.28. The summed E-state index contributed by atoms with van der Waals surface area (Å²) < 4.78 is 4.82. The molecule has 0 spiro atoms. The zero-order chi connectivity index (χ0) is 9.56. The van der Waals surface area contributed by atoms with Crippen molar-refractivity contribution in [2.24, 2.45) is 5.92 Å². The Morgan fingerprint density at radius 2 is 2.08 bits per heavy atom. The molecular weight excluding hydrogens is 156 g/mol. The molecule has 72 valence electrons. The van der Waals surface area contributed by atoms with Gasteiger partial charge in [-0.15, -0.1) is 0 Å². The van der Waals surface area contributed by atoms with E-state index >= 15 is 0 Å². The summed E-state index contributed by atoms with van der Waals surface area (Å²) in [5.41, 5.74) is 0. The molecular formula is C9H18O3. The van der Waals surface area contributed by atoms with E-state index in [4.69, 9.17) is 4.74 Å². The van der Waals surface area contributed by atoms with Crippen LogP contribution in [-0.2, 0) is 9.53 Å². The van der Waals surface area contributed by atoms with Crippen LogP contribution in [0.25, 0.3) is 0 Å². The molecule has 0 aromatic rings. The van der Waals surface area contributed by atoms with Gasteiger partial charge in [-0.2, -0.15) is 0 Å². The standard InChI is InChI=1S/C9H18O3/c1-4-5-6-12-9(11)8(10)7(2)3/h7-8,10H,4-6H2,1-3H3. The number of esters is 1. The van der Waals surface area contributed by atoms with Gasteiger partial charge in [0.05, 0.1) is 6.61 Å². The fourth-order valence-electron chi connectivity index (χ4n) is 0.675. The first kappa shape index (κ1) is 11.4. The largest absolute Gasteiger partial charge is 0.464 e. The van der Waals surface area contributed by atoms with Gasteiger partial charge in [0.2, 0.25) is 0 Å². The molecule has 12 heavy (non-hydrogen) atoms. The van der Waals surface area contributed by atoms with Crippen LogP contribution < -0.4 is 0 Å². The maximum Gasteiger partial charge on any atom is 0.335 e. The molecule has 3 heteroatoms. The summed E-state index contributed by atoms with van der Waals surface area (Å²) >= 11 is 0. The summed E-state index contributed by atoms with van der Waals surface area (Å²) in [5.74, 6) is -0.572. The number of hydrogen-bond donors (Lipinski definition) is 1. The van der Waals surface area contributed by atoms with Crippen molar-refractivity contribution in [2.45, 2.75) is 39.7 Å². The van der Waals surface area contributed by atoms with Crippen LogP contribution >= 0.6 is 0 Å². The maximum atomic E-state index is 11.0. The minimum absolute atomic E-state index is 0.0703. The number of ether oxygens (including phenoxy) is 1. The smallest absolute Gasteiger partial charge is 0.335 e. The van der Waals surface area contributed by atoms with Gasteiger partial charge in [0.1, 0.15) is 0 Å². The van der Waals surface area contributed by atoms with E-state index in [0.717, 1.165) is 12.8 Å². The maximum absolute atomic E-state index is 11.0. The molecule has 3 nitrogen and oxygen atoms in total. The number of hydrogen-bond acceptors (Lipinski definition) is 3. The SMILES string of the molecule is CCCCOC(=O)C(O)C(C)C. The highest BCUT2D eigenvalue weighted by Gasteiger charge is 2.19. The van der Waals surface area contributed by atoms with Gasteiger partial charge in [-0.1, -0.05) is 27.2 Å². The van der Waals surface area contributed by atoms with Crippen LogP contribution in [0, 0.1) is 5.92 Å². The van der Waals surface area contributed by atoms with Crippen LogP contribution in [0.2, 0.25) is 0 Å². The normalized spacial score (nSPS) is 13.1. The molecule has 0 rings (SSSR count). The van der Waals surface area contributed by atoms with E-state index in [1.165, 1.54) is 0 Å². The molecule has 0 aliphatic heterocycles. The highest BCUT2D eigenvalue weighted by Crippen LogP contribution is 2.03. The van der Waals surface area contributed by atoms with E-state index in [9.17, 15) is 9.90 Å². The van der Waals surface area contributed by atoms with E-state index in [1.54, 1.807) is 13.8 Å². The predicted octanol–water partition coefficient (Wildman–Crippen LogP) is 1.35. The van der Waals surface area contributed by atoms with Gasteiger partial charge in [-0.05, 0) is 12.3 Å². The number of aliphatic hydroxyl groups is 1. The molecule has 0 radical (unpaired) electrons. The Balaban J connectivity index is 3.57. The van der Waals surface area contributed by atoms with Crippen LogP contribution in [0.3, 0.4) is 0 Å². The molecule has 0 aromatic carbocycles. The Kier molecular flexibility index (Phi) is 5.72. The average Bonchev–Trinajstić information content (AvgIpc) is 2.03. The topological polar surface area (TPSA) is 46.5 Å². The van der Waals surface area contributed by atoms with Gasteiger partial charge in [-0.25, -0.2) is 4.79 Å². The van der Waals surface area contributed by atoms with Crippen LogP contribution in [0.15, 0.2) is 0 Å². The van der Waals surface area contributed by atoms with E-state index in [-0.39, 0.29) is 5.92 Å². The van der Waals surface area contributed by atoms with Gasteiger partial charge >= 0.3 is 5.97 Å². The molecule has 0 bridgehead atoms. The van der Waals surface area contributed by atoms with Gasteiger partial charge < -0.3 is 9.84 Å². The molecule has 0 aromatic heterocycles. The van der Waals surface area contributed by atoms with Crippen molar-refractivity contribution >= 4 is 5.97 Å². The first-order valence-corrected chi connectivity index (χ1v) is 4.44. The second kappa shape index (κ2) is 6.00. The quantitative estimate of drug-likeness (QED) is 0.505. The molecule has 1 N–H and O–H groups in total. The third-order valence-corrected chi connectivity index (χ3v) is 1.62. The van der Waals surface area contributed by atoms with Crippen molar-refractivity contribution in [3.05, 3.63) is 0 Å². The summed E-state index contributed by atoms with van der Waals surface area (Å²) in [6, 6.07) is 0. The van der Waals surface area contributed by atoms with E-state index < -0.39 is 12.1 Å². The van der Waals surface area contributed by atoms with Crippen LogP contribution in [0.4, 0.5) is 0 Å². The first-order chi connectivity index (χ1) is 5.59. The summed E-state index contributed by atoms with van der Waals surface area (Å²) in [6.45, 7) is 6.00. The van der Waals surface area contributed by atoms with Crippen molar-refractivity contribution < 1.29 is 14.6 Å². The van der Waals surface area contributed by atoms with Gasteiger partial charge in [0, 0.05) is 0 Å². The zero-order valence-corrected chi connectivity index (χ0v) is 8.04. The Morgan fingerprint density at radius 3 is 2.50 bits per heavy atom. The Morgan fingerprint density at radius 1 is 1.50 bits per heavy atom. The Hall–Kier alpha value is -0.570. The summed E-state index contributed by atoms with van der Waals surface area (Å²) in [6.07, 6.45) is 0.878. The van der Waals surface area contributed by atoms with Gasteiger partial charge in [-0.3, -0.25) is 0 Å². The molecule has 1 atom stereocenters. The summed E-state index contributed by atoms with van der Waals surface area (Å²) in [7, 11) is 0. The lowest BCUT2D eigenvalue weighted by atomic mass is 10.1. The predicted molar refractivity (Wildman–Crippen MR) is 46.7 cm³/mol. The number of aliphatic hydroxyl groups excluding tert-OH is 1. The second-order valence-electron chi connectivity index (χ2n) is 3.21. The lowest BCUT2D eigenvalue weighted by molar-refractivity contribution is -0.155. The minimum Gasteiger partial charge on any atom is -0.464 e. The highest BCUT2D eigenvalue weighted by atomic mass is 16.5. The Labute approximate surface area is 73.7 Å². The highest BCUT2D eigenvalue weighted by molar-refractivity contribution is 5.74. The average molecular weight is 174 g/mol. The van der Waals surface area contributed by atoms with Crippen molar-refractivity contribution in [1.29, 1.82) is 0 Å². The number of unbranched alkanes of at least 4 members (excludes halogenated alkanes) is 1. The minimum atomic E-state index is -0.971. The van der Waals surface area contributed by atoms with Crippen molar-refractivity contribution in [1.82, 2.24) is 0 Å². The van der Waals surface area contributed by atoms with Crippen molar-refractivity contribution in [2.75, 3.05) is 6.61 Å². The number of carbonyl (C=O) groups excluding carboxylic acids is 1. The van der Waals surface area contributed by atoms with Crippen molar-refractivity contribution in [3.63, 3.8) is 0 Å². The van der Waals surface area contributed by atoms with Crippen molar-refractivity contribution in [3.8, 4) is 0 Å². The van der Waals surface area contributed by atoms with E-state index in [0.29, 0.717) is 6.61 Å². The van der Waals surface area contributed by atoms with Gasteiger partial charge in [0.15, 0.2) is 6.10 Å². The molecule has 1 unspecified atom stereocenters. The second-order valence-corrected chi connectivity index (χ2v) is 3.21. The lowest BCUT2D eigenvalue weighted by Gasteiger charge is -2.12. The first-order valence-electron chi connectivity index (χ1n) is 4.44.